The van der Waals surface area contributed by atoms with Crippen molar-refractivity contribution in [3.05, 3.63) is 30.0 Å². The van der Waals surface area contributed by atoms with Crippen LogP contribution in [0.2, 0.25) is 0 Å². The van der Waals surface area contributed by atoms with Crippen LogP contribution in [0.1, 0.15) is 6.42 Å². The summed E-state index contributed by atoms with van der Waals surface area (Å²) in [5, 5.41) is 0. The minimum absolute atomic E-state index is 0.110. The maximum absolute atomic E-state index is 11.4. The molecular weight excluding hydrogens is 254 g/mol. The van der Waals surface area contributed by atoms with E-state index in [4.69, 9.17) is 0 Å². The molecule has 1 fully saturated rings. The summed E-state index contributed by atoms with van der Waals surface area (Å²) in [5.74, 6) is 3.53. The molecule has 1 saturated heterocycles. The minimum Gasteiger partial charge on any atom is -0.255 e. The van der Waals surface area contributed by atoms with Crippen molar-refractivity contribution >= 4 is 33.0 Å². The van der Waals surface area contributed by atoms with E-state index in [1.54, 1.807) is 11.8 Å². The summed E-state index contributed by atoms with van der Waals surface area (Å²) in [5.41, 5.74) is 1.89. The van der Waals surface area contributed by atoms with Crippen molar-refractivity contribution in [1.82, 2.24) is 0 Å². The summed E-state index contributed by atoms with van der Waals surface area (Å²) in [4.78, 5) is 5.73. The second kappa shape index (κ2) is 4.14. The van der Waals surface area contributed by atoms with Crippen LogP contribution < -0.4 is 0 Å². The highest BCUT2D eigenvalue weighted by atomic mass is 32.2. The Balaban J connectivity index is 1.90. The molecule has 17 heavy (non-hydrogen) atoms. The van der Waals surface area contributed by atoms with E-state index in [1.807, 2.05) is 24.3 Å². The molecule has 3 nitrogen and oxygen atoms in total. The van der Waals surface area contributed by atoms with Gasteiger partial charge in [-0.15, -0.1) is 11.8 Å². The summed E-state index contributed by atoms with van der Waals surface area (Å²) in [7, 11) is -3.06. The average molecular weight is 265 g/mol. The predicted octanol–water partition coefficient (Wildman–Crippen LogP) is 2.34. The van der Waals surface area contributed by atoms with Crippen LogP contribution in [-0.4, -0.2) is 25.6 Å². The third kappa shape index (κ3) is 2.26. The summed E-state index contributed by atoms with van der Waals surface area (Å²) in [6.07, 6.45) is 0.629. The Morgan fingerprint density at radius 3 is 2.94 bits per heavy atom. The maximum Gasteiger partial charge on any atom is 0.159 e. The van der Waals surface area contributed by atoms with Gasteiger partial charge in [-0.3, -0.25) is 4.99 Å². The molecule has 0 saturated carbocycles. The number of hydrogen-bond donors (Lipinski definition) is 0. The first-order valence-corrected chi connectivity index (χ1v) is 8.07. The standard InChI is InChI=1S/C12H11NO2S2/c14-17(15)6-5-9(8-17)11-7-16-12-4-2-1-3-10(12)13-11/h1-4,9H,5-7H2. The van der Waals surface area contributed by atoms with Crippen LogP contribution in [0.25, 0.3) is 0 Å². The summed E-state index contributed by atoms with van der Waals surface area (Å²) in [6.45, 7) is 0. The van der Waals surface area contributed by atoms with Crippen LogP contribution >= 0.6 is 11.8 Å². The van der Waals surface area contributed by atoms with Gasteiger partial charge in [-0.05, 0) is 18.6 Å². The lowest BCUT2D eigenvalue weighted by Gasteiger charge is -2.17. The number of para-hydroxylation sites is 1. The second-order valence-corrected chi connectivity index (χ2v) is 7.03. The fourth-order valence-corrected chi connectivity index (χ4v) is 4.39. The van der Waals surface area contributed by atoms with Crippen molar-refractivity contribution in [3.63, 3.8) is 0 Å². The number of hydrogen-bond acceptors (Lipinski definition) is 4. The van der Waals surface area contributed by atoms with E-state index >= 15 is 0 Å². The number of aliphatic imine (C=N–C) groups is 1. The molecule has 0 amide bonds. The van der Waals surface area contributed by atoms with Gasteiger partial charge in [0.25, 0.3) is 0 Å². The zero-order chi connectivity index (χ0) is 11.9. The molecule has 5 heteroatoms. The molecular formula is C12H11NO2S2. The van der Waals surface area contributed by atoms with Crippen LogP contribution in [0.5, 0.6) is 0 Å². The highest BCUT2D eigenvalue weighted by Crippen LogP contribution is 2.37. The summed E-state index contributed by atoms with van der Waals surface area (Å²) in [6, 6.07) is 7.94. The highest BCUT2D eigenvalue weighted by molar-refractivity contribution is 8.00. The third-order valence-electron chi connectivity index (χ3n) is 2.90. The number of nitrogens with zero attached hydrogens (tertiary/aromatic N) is 1. The number of fused-ring (bicyclic) bond motifs is 1. The molecule has 0 N–H and O–H groups in total. The molecule has 2 radical (unpaired) electrons. The first-order chi connectivity index (χ1) is 8.14. The monoisotopic (exact) mass is 265 g/mol. The lowest BCUT2D eigenvalue weighted by atomic mass is 10.0. The quantitative estimate of drug-likeness (QED) is 0.783. The van der Waals surface area contributed by atoms with Crippen LogP contribution in [0.15, 0.2) is 34.2 Å². The van der Waals surface area contributed by atoms with Crippen molar-refractivity contribution in [2.24, 2.45) is 10.9 Å². The number of benzene rings is 1. The normalized spacial score (nSPS) is 26.4. The Bertz CT molecular complexity index is 578. The van der Waals surface area contributed by atoms with Gasteiger partial charge in [0.05, 0.1) is 11.4 Å². The Kier molecular flexibility index (Phi) is 2.75. The Morgan fingerprint density at radius 1 is 1.35 bits per heavy atom. The zero-order valence-corrected chi connectivity index (χ0v) is 10.7. The van der Waals surface area contributed by atoms with Gasteiger partial charge in [0.2, 0.25) is 0 Å². The first kappa shape index (κ1) is 11.3. The van der Waals surface area contributed by atoms with Gasteiger partial charge in [-0.1, -0.05) is 12.1 Å². The molecule has 1 unspecified atom stereocenters. The van der Waals surface area contributed by atoms with Crippen molar-refractivity contribution in [2.45, 2.75) is 11.3 Å². The van der Waals surface area contributed by atoms with E-state index in [2.05, 4.69) is 10.7 Å². The molecule has 1 aromatic carbocycles. The van der Waals surface area contributed by atoms with E-state index in [0.29, 0.717) is 6.42 Å². The molecule has 2 aliphatic rings. The Hall–Kier alpha value is -0.810. The largest absolute Gasteiger partial charge is 0.255 e. The smallest absolute Gasteiger partial charge is 0.159 e. The first-order valence-electron chi connectivity index (χ1n) is 5.43. The van der Waals surface area contributed by atoms with Crippen molar-refractivity contribution in [2.75, 3.05) is 11.5 Å². The Morgan fingerprint density at radius 2 is 2.18 bits per heavy atom. The lowest BCUT2D eigenvalue weighted by Crippen LogP contribution is -2.16. The SMILES string of the molecule is O=S1(=O)[C]C(C2=Nc3ccccc3SC2)CC1. The molecule has 0 aliphatic carbocycles. The maximum atomic E-state index is 11.4. The number of rotatable bonds is 1. The van der Waals surface area contributed by atoms with Crippen LogP contribution in [0, 0.1) is 11.7 Å². The van der Waals surface area contributed by atoms with Gasteiger partial charge >= 0.3 is 0 Å². The third-order valence-corrected chi connectivity index (χ3v) is 5.42. The zero-order valence-electron chi connectivity index (χ0n) is 9.09. The van der Waals surface area contributed by atoms with Crippen LogP contribution in [0.4, 0.5) is 5.69 Å². The fourth-order valence-electron chi connectivity index (χ4n) is 2.03. The van der Waals surface area contributed by atoms with Crippen LogP contribution in [0.3, 0.4) is 0 Å². The molecule has 0 aromatic heterocycles. The van der Waals surface area contributed by atoms with E-state index < -0.39 is 9.84 Å². The van der Waals surface area contributed by atoms with Gasteiger partial charge in [0.1, 0.15) is 5.75 Å². The highest BCUT2D eigenvalue weighted by Gasteiger charge is 2.33. The molecule has 3 rings (SSSR count). The van der Waals surface area contributed by atoms with E-state index in [1.165, 1.54) is 0 Å². The van der Waals surface area contributed by atoms with Crippen molar-refractivity contribution in [3.8, 4) is 0 Å². The van der Waals surface area contributed by atoms with Gasteiger partial charge in [0, 0.05) is 22.3 Å². The van der Waals surface area contributed by atoms with Gasteiger partial charge in [-0.25, -0.2) is 8.42 Å². The van der Waals surface area contributed by atoms with Gasteiger partial charge in [0.15, 0.2) is 9.84 Å². The number of sulfone groups is 1. The molecule has 2 aliphatic heterocycles. The molecule has 88 valence electrons. The van der Waals surface area contributed by atoms with E-state index in [-0.39, 0.29) is 11.7 Å². The van der Waals surface area contributed by atoms with Gasteiger partial charge in [-0.2, -0.15) is 0 Å². The van der Waals surface area contributed by atoms with Crippen LogP contribution in [-0.2, 0) is 9.84 Å². The molecule has 1 atom stereocenters. The Labute approximate surface area is 105 Å². The number of thioether (sulfide) groups is 1. The average Bonchev–Trinajstić information content (AvgIpc) is 2.69. The molecule has 1 aromatic rings. The fraction of sp³-hybridized carbons (Fsp3) is 0.333. The lowest BCUT2D eigenvalue weighted by molar-refractivity contribution is 0.605. The van der Waals surface area contributed by atoms with E-state index in [0.717, 1.165) is 22.0 Å². The topological polar surface area (TPSA) is 46.5 Å². The van der Waals surface area contributed by atoms with Crippen molar-refractivity contribution in [1.29, 1.82) is 0 Å². The molecule has 0 bridgehead atoms. The predicted molar refractivity (Wildman–Crippen MR) is 69.4 cm³/mol. The molecule has 0 spiro atoms. The summed E-state index contributed by atoms with van der Waals surface area (Å²) >= 11 is 1.72. The van der Waals surface area contributed by atoms with E-state index in [9.17, 15) is 8.42 Å². The molecule has 2 heterocycles. The van der Waals surface area contributed by atoms with Gasteiger partial charge < -0.3 is 0 Å². The minimum atomic E-state index is -3.06. The second-order valence-electron chi connectivity index (χ2n) is 4.14. The summed E-state index contributed by atoms with van der Waals surface area (Å²) < 4.78 is 22.7. The van der Waals surface area contributed by atoms with Crippen molar-refractivity contribution < 1.29 is 8.42 Å².